The van der Waals surface area contributed by atoms with Crippen LogP contribution in [0, 0.1) is 11.8 Å². The van der Waals surface area contributed by atoms with Crippen molar-refractivity contribution in [3.63, 3.8) is 0 Å². The maximum absolute atomic E-state index is 14.0. The lowest BCUT2D eigenvalue weighted by Crippen LogP contribution is -2.62. The van der Waals surface area contributed by atoms with Crippen LogP contribution in [0.4, 0.5) is 13.6 Å². The number of ketones is 1. The molecule has 2 heterocycles. The summed E-state index contributed by atoms with van der Waals surface area (Å²) in [5.74, 6) is -4.86. The molecule has 186 valence electrons. The summed E-state index contributed by atoms with van der Waals surface area (Å²) in [4.78, 5) is 41.2. The van der Waals surface area contributed by atoms with Gasteiger partial charge in [-0.2, -0.15) is 0 Å². The van der Waals surface area contributed by atoms with Crippen LogP contribution in [-0.4, -0.2) is 77.4 Å². The fourth-order valence-electron chi connectivity index (χ4n) is 5.58. The summed E-state index contributed by atoms with van der Waals surface area (Å²) in [7, 11) is 1.40. The number of nitrogens with zero attached hydrogens (tertiary/aromatic N) is 2. The molecular formula is C23H27Cl2F2N3O4. The number of nitrogens with one attached hydrogen (secondary N) is 1. The Hall–Kier alpha value is -1.97. The van der Waals surface area contributed by atoms with E-state index in [9.17, 15) is 28.3 Å². The van der Waals surface area contributed by atoms with E-state index in [-0.39, 0.29) is 31.3 Å². The van der Waals surface area contributed by atoms with Gasteiger partial charge in [0.15, 0.2) is 5.78 Å². The van der Waals surface area contributed by atoms with Gasteiger partial charge in [-0.3, -0.25) is 14.5 Å². The second kappa shape index (κ2) is 9.24. The van der Waals surface area contributed by atoms with Crippen molar-refractivity contribution in [3.8, 4) is 0 Å². The highest BCUT2D eigenvalue weighted by molar-refractivity contribution is 6.42. The summed E-state index contributed by atoms with van der Waals surface area (Å²) in [5.41, 5.74) is -0.644. The van der Waals surface area contributed by atoms with Gasteiger partial charge in [0.05, 0.1) is 10.0 Å². The summed E-state index contributed by atoms with van der Waals surface area (Å²) in [6.45, 7) is 1.11. The lowest BCUT2D eigenvalue weighted by atomic mass is 9.72. The van der Waals surface area contributed by atoms with Gasteiger partial charge in [-0.15, -0.1) is 0 Å². The minimum absolute atomic E-state index is 0.149. The number of piperidine rings is 1. The Balaban J connectivity index is 1.54. The fraction of sp³-hybridized carbons (Fsp3) is 0.609. The SMILES string of the molecule is CN(C(=O)O)[C@]1(C(=O)C2CCN(C(=O)C3CC(F)(F)C3)CC2)CNC[C@H]1c1ccc(Cl)c(Cl)c1. The van der Waals surface area contributed by atoms with Crippen molar-refractivity contribution in [1.29, 1.82) is 0 Å². The molecule has 1 aromatic rings. The second-order valence-electron chi connectivity index (χ2n) is 9.55. The number of hydrogen-bond donors (Lipinski definition) is 2. The molecule has 3 fully saturated rings. The lowest BCUT2D eigenvalue weighted by molar-refractivity contribution is -0.161. The summed E-state index contributed by atoms with van der Waals surface area (Å²) < 4.78 is 26.3. The first kappa shape index (κ1) is 25.1. The monoisotopic (exact) mass is 517 g/mol. The number of rotatable bonds is 5. The topological polar surface area (TPSA) is 90.0 Å². The van der Waals surface area contributed by atoms with Crippen LogP contribution in [0.2, 0.25) is 10.0 Å². The number of carbonyl (C=O) groups is 3. The minimum atomic E-state index is -2.77. The molecule has 0 bridgehead atoms. The van der Waals surface area contributed by atoms with Crippen LogP contribution in [0.25, 0.3) is 0 Å². The molecule has 0 spiro atoms. The van der Waals surface area contributed by atoms with Crippen molar-refractivity contribution in [2.45, 2.75) is 43.1 Å². The zero-order chi connectivity index (χ0) is 24.8. The molecule has 0 aromatic heterocycles. The third-order valence-corrected chi connectivity index (χ3v) is 8.33. The third kappa shape index (κ3) is 4.38. The van der Waals surface area contributed by atoms with Crippen molar-refractivity contribution in [2.75, 3.05) is 33.2 Å². The van der Waals surface area contributed by atoms with E-state index in [2.05, 4.69) is 5.32 Å². The Morgan fingerprint density at radius 3 is 2.32 bits per heavy atom. The first-order valence-electron chi connectivity index (χ1n) is 11.3. The molecule has 2 N–H and O–H groups in total. The van der Waals surface area contributed by atoms with Crippen molar-refractivity contribution in [1.82, 2.24) is 15.1 Å². The van der Waals surface area contributed by atoms with Gasteiger partial charge in [0.2, 0.25) is 11.8 Å². The van der Waals surface area contributed by atoms with E-state index in [1.165, 1.54) is 7.05 Å². The average Bonchev–Trinajstić information content (AvgIpc) is 3.23. The number of benzene rings is 1. The van der Waals surface area contributed by atoms with Crippen LogP contribution in [0.5, 0.6) is 0 Å². The van der Waals surface area contributed by atoms with Gasteiger partial charge in [-0.1, -0.05) is 29.3 Å². The number of likely N-dealkylation sites (tertiary alicyclic amines) is 1. The molecule has 1 saturated carbocycles. The minimum Gasteiger partial charge on any atom is -0.465 e. The van der Waals surface area contributed by atoms with E-state index in [0.717, 1.165) is 4.90 Å². The number of likely N-dealkylation sites (N-methyl/N-ethyl adjacent to an activating group) is 1. The van der Waals surface area contributed by atoms with Gasteiger partial charge >= 0.3 is 6.09 Å². The molecule has 2 amide bonds. The van der Waals surface area contributed by atoms with E-state index in [1.54, 1.807) is 23.1 Å². The smallest absolute Gasteiger partial charge is 0.407 e. The van der Waals surface area contributed by atoms with E-state index in [0.29, 0.717) is 35.0 Å². The largest absolute Gasteiger partial charge is 0.465 e. The molecule has 1 aromatic carbocycles. The highest BCUT2D eigenvalue weighted by Gasteiger charge is 2.56. The summed E-state index contributed by atoms with van der Waals surface area (Å²) >= 11 is 12.3. The number of carboxylic acid groups (broad SMARTS) is 1. The van der Waals surface area contributed by atoms with Gasteiger partial charge < -0.3 is 15.3 Å². The van der Waals surface area contributed by atoms with Crippen LogP contribution < -0.4 is 5.32 Å². The van der Waals surface area contributed by atoms with Gasteiger partial charge in [0.1, 0.15) is 5.54 Å². The molecule has 11 heteroatoms. The van der Waals surface area contributed by atoms with Crippen molar-refractivity contribution < 1.29 is 28.3 Å². The molecule has 3 aliphatic rings. The van der Waals surface area contributed by atoms with E-state index in [4.69, 9.17) is 23.2 Å². The fourth-order valence-corrected chi connectivity index (χ4v) is 5.89. The zero-order valence-electron chi connectivity index (χ0n) is 18.7. The Morgan fingerprint density at radius 2 is 1.76 bits per heavy atom. The molecule has 7 nitrogen and oxygen atoms in total. The Bertz CT molecular complexity index is 994. The van der Waals surface area contributed by atoms with E-state index in [1.807, 2.05) is 0 Å². The first-order chi connectivity index (χ1) is 16.0. The van der Waals surface area contributed by atoms with Crippen molar-refractivity contribution >= 4 is 41.0 Å². The van der Waals surface area contributed by atoms with Crippen LogP contribution in [-0.2, 0) is 9.59 Å². The predicted molar refractivity (Wildman–Crippen MR) is 123 cm³/mol. The van der Waals surface area contributed by atoms with Crippen LogP contribution in [0.15, 0.2) is 18.2 Å². The maximum Gasteiger partial charge on any atom is 0.407 e. The molecule has 0 unspecified atom stereocenters. The van der Waals surface area contributed by atoms with E-state index < -0.39 is 48.2 Å². The predicted octanol–water partition coefficient (Wildman–Crippen LogP) is 3.88. The number of amides is 2. The summed E-state index contributed by atoms with van der Waals surface area (Å²) in [6, 6.07) is 5.04. The summed E-state index contributed by atoms with van der Waals surface area (Å²) in [5, 5.41) is 13.7. The Labute approximate surface area is 206 Å². The standard InChI is InChI=1S/C23H27Cl2F2N3O4/c1-29(21(33)34)23(12-28-11-16(23)14-2-3-17(24)18(25)8-14)19(31)13-4-6-30(7-5-13)20(32)15-9-22(26,27)10-15/h2-3,8,13,15-16,28H,4-7,9-12H2,1H3,(H,33,34)/t16-,23+/m0/s1. The van der Waals surface area contributed by atoms with Crippen LogP contribution in [0.3, 0.4) is 0 Å². The molecule has 2 saturated heterocycles. The molecule has 34 heavy (non-hydrogen) atoms. The van der Waals surface area contributed by atoms with Gasteiger partial charge in [0.25, 0.3) is 0 Å². The quantitative estimate of drug-likeness (QED) is 0.618. The Kier molecular flexibility index (Phi) is 6.83. The highest BCUT2D eigenvalue weighted by Crippen LogP contribution is 2.44. The van der Waals surface area contributed by atoms with Crippen molar-refractivity contribution in [3.05, 3.63) is 33.8 Å². The van der Waals surface area contributed by atoms with Gasteiger partial charge in [-0.05, 0) is 30.5 Å². The van der Waals surface area contributed by atoms with Crippen LogP contribution in [0.1, 0.15) is 37.2 Å². The van der Waals surface area contributed by atoms with E-state index >= 15 is 0 Å². The maximum atomic E-state index is 14.0. The van der Waals surface area contributed by atoms with Crippen molar-refractivity contribution in [2.24, 2.45) is 11.8 Å². The highest BCUT2D eigenvalue weighted by atomic mass is 35.5. The lowest BCUT2D eigenvalue weighted by Gasteiger charge is -2.44. The molecular weight excluding hydrogens is 491 g/mol. The average molecular weight is 518 g/mol. The second-order valence-corrected chi connectivity index (χ2v) is 10.4. The number of hydrogen-bond acceptors (Lipinski definition) is 4. The van der Waals surface area contributed by atoms with Gasteiger partial charge in [-0.25, -0.2) is 13.6 Å². The first-order valence-corrected chi connectivity index (χ1v) is 12.1. The third-order valence-electron chi connectivity index (χ3n) is 7.59. The zero-order valence-corrected chi connectivity index (χ0v) is 20.2. The van der Waals surface area contributed by atoms with Crippen LogP contribution >= 0.6 is 23.2 Å². The number of halogens is 4. The molecule has 2 atom stereocenters. The molecule has 2 aliphatic heterocycles. The molecule has 0 radical (unpaired) electrons. The molecule has 1 aliphatic carbocycles. The summed E-state index contributed by atoms with van der Waals surface area (Å²) in [6.07, 6.45) is -1.35. The normalized spacial score (nSPS) is 27.3. The number of Topliss-reactive ketones (excluding diaryl/α,β-unsaturated/α-hetero) is 1. The Morgan fingerprint density at radius 1 is 1.12 bits per heavy atom. The number of carbonyl (C=O) groups excluding carboxylic acids is 2. The number of alkyl halides is 2. The van der Waals surface area contributed by atoms with Gasteiger partial charge in [0, 0.05) is 63.8 Å². The molecule has 4 rings (SSSR count).